The lowest BCUT2D eigenvalue weighted by Crippen LogP contribution is -2.27. The van der Waals surface area contributed by atoms with Crippen LogP contribution >= 0.6 is 0 Å². The van der Waals surface area contributed by atoms with Gasteiger partial charge in [-0.25, -0.2) is 4.79 Å². The Labute approximate surface area is 111 Å². The van der Waals surface area contributed by atoms with Gasteiger partial charge in [0.15, 0.2) is 0 Å². The second-order valence-corrected chi connectivity index (χ2v) is 5.02. The van der Waals surface area contributed by atoms with E-state index in [9.17, 15) is 9.59 Å². The highest BCUT2D eigenvalue weighted by atomic mass is 16.6. The number of anilines is 1. The molecule has 0 aliphatic carbocycles. The van der Waals surface area contributed by atoms with Crippen LogP contribution in [0.2, 0.25) is 0 Å². The predicted octanol–water partition coefficient (Wildman–Crippen LogP) is 2.45. The van der Waals surface area contributed by atoms with Crippen molar-refractivity contribution in [1.29, 1.82) is 0 Å². The molecule has 0 aliphatic rings. The summed E-state index contributed by atoms with van der Waals surface area (Å²) in [6.45, 7) is 5.30. The average molecular weight is 266 g/mol. The van der Waals surface area contributed by atoms with Gasteiger partial charge in [0.25, 0.3) is 0 Å². The molecule has 1 aromatic heterocycles. The lowest BCUT2D eigenvalue weighted by atomic mass is 10.2. The summed E-state index contributed by atoms with van der Waals surface area (Å²) in [6.07, 6.45) is 1.18. The average Bonchev–Trinajstić information content (AvgIpc) is 2.25. The van der Waals surface area contributed by atoms with Crippen molar-refractivity contribution in [2.45, 2.75) is 39.2 Å². The van der Waals surface area contributed by atoms with E-state index < -0.39 is 17.7 Å². The van der Waals surface area contributed by atoms with E-state index >= 15 is 0 Å². The van der Waals surface area contributed by atoms with Crippen molar-refractivity contribution < 1.29 is 19.4 Å². The Bertz CT molecular complexity index is 466. The van der Waals surface area contributed by atoms with Gasteiger partial charge >= 0.3 is 12.1 Å². The summed E-state index contributed by atoms with van der Waals surface area (Å²) in [6, 6.07) is 3.32. The van der Waals surface area contributed by atoms with Gasteiger partial charge in [-0.15, -0.1) is 0 Å². The molecule has 2 N–H and O–H groups in total. The number of nitrogens with one attached hydrogen (secondary N) is 1. The molecule has 19 heavy (non-hydrogen) atoms. The molecule has 1 amide bonds. The van der Waals surface area contributed by atoms with Crippen LogP contribution in [-0.4, -0.2) is 27.8 Å². The van der Waals surface area contributed by atoms with Crippen molar-refractivity contribution in [3.8, 4) is 0 Å². The first kappa shape index (κ1) is 14.9. The van der Waals surface area contributed by atoms with Gasteiger partial charge in [0.05, 0.1) is 17.8 Å². The summed E-state index contributed by atoms with van der Waals surface area (Å²) in [5.41, 5.74) is 0.404. The molecule has 0 aromatic carbocycles. The van der Waals surface area contributed by atoms with E-state index in [1.54, 1.807) is 39.1 Å². The number of pyridine rings is 1. The van der Waals surface area contributed by atoms with Crippen molar-refractivity contribution >= 4 is 17.7 Å². The van der Waals surface area contributed by atoms with Crippen molar-refractivity contribution in [1.82, 2.24) is 4.98 Å². The van der Waals surface area contributed by atoms with Crippen LogP contribution in [0.15, 0.2) is 18.3 Å². The minimum absolute atomic E-state index is 0.0417. The van der Waals surface area contributed by atoms with Crippen molar-refractivity contribution in [3.63, 3.8) is 0 Å². The molecule has 0 atom stereocenters. The first-order chi connectivity index (χ1) is 8.78. The molecular formula is C13H18N2O4. The summed E-state index contributed by atoms with van der Waals surface area (Å²) < 4.78 is 5.13. The number of amides is 1. The SMILES string of the molecule is CC(C)(C)OC(=O)Nc1cccnc1CCC(=O)O. The number of carbonyl (C=O) groups is 2. The van der Waals surface area contributed by atoms with Crippen LogP contribution in [0.4, 0.5) is 10.5 Å². The molecule has 6 nitrogen and oxygen atoms in total. The maximum Gasteiger partial charge on any atom is 0.412 e. The second kappa shape index (κ2) is 6.17. The van der Waals surface area contributed by atoms with E-state index in [0.717, 1.165) is 0 Å². The van der Waals surface area contributed by atoms with Gasteiger partial charge in [0.2, 0.25) is 0 Å². The monoisotopic (exact) mass is 266 g/mol. The molecule has 0 spiro atoms. The minimum atomic E-state index is -0.908. The zero-order valence-electron chi connectivity index (χ0n) is 11.3. The van der Waals surface area contributed by atoms with Gasteiger partial charge in [-0.3, -0.25) is 15.1 Å². The number of nitrogens with zero attached hydrogens (tertiary/aromatic N) is 1. The number of aryl methyl sites for hydroxylation is 1. The molecule has 0 fully saturated rings. The summed E-state index contributed by atoms with van der Waals surface area (Å²) in [5, 5.41) is 11.2. The number of rotatable bonds is 4. The third-order valence-corrected chi connectivity index (χ3v) is 2.10. The van der Waals surface area contributed by atoms with E-state index in [1.807, 2.05) is 0 Å². The maximum atomic E-state index is 11.6. The first-order valence-electron chi connectivity index (χ1n) is 5.93. The Morgan fingerprint density at radius 2 is 2.11 bits per heavy atom. The maximum absolute atomic E-state index is 11.6. The van der Waals surface area contributed by atoms with Crippen LogP contribution in [0, 0.1) is 0 Å². The normalized spacial score (nSPS) is 10.9. The molecule has 0 aliphatic heterocycles. The summed E-state index contributed by atoms with van der Waals surface area (Å²) in [5.74, 6) is -0.908. The fourth-order valence-corrected chi connectivity index (χ4v) is 1.39. The standard InChI is InChI=1S/C13H18N2O4/c1-13(2,3)19-12(18)15-10-5-4-8-14-9(10)6-7-11(16)17/h4-5,8H,6-7H2,1-3H3,(H,15,18)(H,16,17). The third kappa shape index (κ3) is 5.85. The largest absolute Gasteiger partial charge is 0.481 e. The molecular weight excluding hydrogens is 248 g/mol. The number of carboxylic acid groups (broad SMARTS) is 1. The van der Waals surface area contributed by atoms with Crippen LogP contribution in [0.5, 0.6) is 0 Å². The predicted molar refractivity (Wildman–Crippen MR) is 70.1 cm³/mol. The van der Waals surface area contributed by atoms with Crippen LogP contribution < -0.4 is 5.32 Å². The Kier molecular flexibility index (Phi) is 4.86. The smallest absolute Gasteiger partial charge is 0.412 e. The number of ether oxygens (including phenoxy) is 1. The number of hydrogen-bond acceptors (Lipinski definition) is 4. The summed E-state index contributed by atoms with van der Waals surface area (Å²) >= 11 is 0. The Hall–Kier alpha value is -2.11. The molecule has 6 heteroatoms. The molecule has 0 bridgehead atoms. The van der Waals surface area contributed by atoms with Crippen molar-refractivity contribution in [2.75, 3.05) is 5.32 Å². The fraction of sp³-hybridized carbons (Fsp3) is 0.462. The highest BCUT2D eigenvalue weighted by molar-refractivity contribution is 5.85. The molecule has 0 saturated carbocycles. The Morgan fingerprint density at radius 1 is 1.42 bits per heavy atom. The van der Waals surface area contributed by atoms with Gasteiger partial charge in [-0.1, -0.05) is 0 Å². The third-order valence-electron chi connectivity index (χ3n) is 2.10. The van der Waals surface area contributed by atoms with E-state index in [0.29, 0.717) is 11.4 Å². The highest BCUT2D eigenvalue weighted by Gasteiger charge is 2.17. The van der Waals surface area contributed by atoms with E-state index in [2.05, 4.69) is 10.3 Å². The molecule has 0 unspecified atom stereocenters. The molecule has 1 rings (SSSR count). The van der Waals surface area contributed by atoms with Crippen molar-refractivity contribution in [2.24, 2.45) is 0 Å². The highest BCUT2D eigenvalue weighted by Crippen LogP contribution is 2.16. The molecule has 0 radical (unpaired) electrons. The Morgan fingerprint density at radius 3 is 2.68 bits per heavy atom. The number of aliphatic carboxylic acids is 1. The number of carbonyl (C=O) groups excluding carboxylic acids is 1. The van der Waals surface area contributed by atoms with Gasteiger partial charge in [-0.2, -0.15) is 0 Å². The molecule has 1 heterocycles. The zero-order valence-corrected chi connectivity index (χ0v) is 11.3. The van der Waals surface area contributed by atoms with Crippen LogP contribution in [-0.2, 0) is 16.0 Å². The van der Waals surface area contributed by atoms with Crippen molar-refractivity contribution in [3.05, 3.63) is 24.0 Å². The second-order valence-electron chi connectivity index (χ2n) is 5.02. The zero-order chi connectivity index (χ0) is 14.5. The number of aromatic nitrogens is 1. The molecule has 104 valence electrons. The summed E-state index contributed by atoms with van der Waals surface area (Å²) in [4.78, 5) is 26.3. The lowest BCUT2D eigenvalue weighted by molar-refractivity contribution is -0.136. The van der Waals surface area contributed by atoms with Gasteiger partial charge in [0.1, 0.15) is 5.60 Å². The van der Waals surface area contributed by atoms with E-state index in [4.69, 9.17) is 9.84 Å². The molecule has 0 saturated heterocycles. The topological polar surface area (TPSA) is 88.5 Å². The van der Waals surface area contributed by atoms with Crippen LogP contribution in [0.3, 0.4) is 0 Å². The molecule has 1 aromatic rings. The fourth-order valence-electron chi connectivity index (χ4n) is 1.39. The van der Waals surface area contributed by atoms with Gasteiger partial charge < -0.3 is 9.84 Å². The van der Waals surface area contributed by atoms with E-state index in [-0.39, 0.29) is 12.8 Å². The van der Waals surface area contributed by atoms with Crippen LogP contribution in [0.1, 0.15) is 32.9 Å². The van der Waals surface area contributed by atoms with Gasteiger partial charge in [-0.05, 0) is 32.9 Å². The van der Waals surface area contributed by atoms with E-state index in [1.165, 1.54) is 0 Å². The Balaban J connectivity index is 2.72. The summed E-state index contributed by atoms with van der Waals surface area (Å²) in [7, 11) is 0. The number of hydrogen-bond donors (Lipinski definition) is 2. The van der Waals surface area contributed by atoms with Gasteiger partial charge in [0, 0.05) is 12.6 Å². The number of carboxylic acids is 1. The quantitative estimate of drug-likeness (QED) is 0.873. The first-order valence-corrected chi connectivity index (χ1v) is 5.93. The lowest BCUT2D eigenvalue weighted by Gasteiger charge is -2.20. The van der Waals surface area contributed by atoms with Crippen LogP contribution in [0.25, 0.3) is 0 Å². The minimum Gasteiger partial charge on any atom is -0.481 e.